The maximum absolute atomic E-state index is 12.7. The Morgan fingerprint density at radius 2 is 1.78 bits per heavy atom. The average Bonchev–Trinajstić information content (AvgIpc) is 2.28. The van der Waals surface area contributed by atoms with Crippen molar-refractivity contribution in [3.05, 3.63) is 0 Å². The van der Waals surface area contributed by atoms with Gasteiger partial charge in [-0.05, 0) is 39.0 Å². The summed E-state index contributed by atoms with van der Waals surface area (Å²) in [5, 5.41) is -0.323. The topological polar surface area (TPSA) is 60.4 Å². The van der Waals surface area contributed by atoms with E-state index >= 15 is 0 Å². The summed E-state index contributed by atoms with van der Waals surface area (Å²) in [4.78, 5) is 12.0. The standard InChI is InChI=1S/C13H22O4S/c1-2-17-12(14)13(9-6-10-13)18(15,16)11-7-4-3-5-8-11/h11H,2-10H2,1H3. The summed E-state index contributed by atoms with van der Waals surface area (Å²) in [6.07, 6.45) is 6.16. The first-order chi connectivity index (χ1) is 8.54. The summed E-state index contributed by atoms with van der Waals surface area (Å²) in [5.74, 6) is -0.512. The normalized spacial score (nSPS) is 24.3. The first kappa shape index (κ1) is 13.8. The van der Waals surface area contributed by atoms with Gasteiger partial charge in [-0.3, -0.25) is 4.79 Å². The van der Waals surface area contributed by atoms with E-state index in [1.807, 2.05) is 0 Å². The quantitative estimate of drug-likeness (QED) is 0.737. The number of esters is 1. The number of hydrogen-bond donors (Lipinski definition) is 0. The van der Waals surface area contributed by atoms with Crippen molar-refractivity contribution in [1.29, 1.82) is 0 Å². The van der Waals surface area contributed by atoms with E-state index in [0.29, 0.717) is 25.7 Å². The van der Waals surface area contributed by atoms with Crippen LogP contribution >= 0.6 is 0 Å². The van der Waals surface area contributed by atoms with Crippen molar-refractivity contribution >= 4 is 15.8 Å². The van der Waals surface area contributed by atoms with Crippen molar-refractivity contribution in [1.82, 2.24) is 0 Å². The molecular weight excluding hydrogens is 252 g/mol. The van der Waals surface area contributed by atoms with Crippen LogP contribution in [0.4, 0.5) is 0 Å². The molecule has 2 fully saturated rings. The van der Waals surface area contributed by atoms with Crippen LogP contribution in [0.1, 0.15) is 58.3 Å². The second-order valence-electron chi connectivity index (χ2n) is 5.37. The van der Waals surface area contributed by atoms with Gasteiger partial charge in [0.05, 0.1) is 11.9 Å². The summed E-state index contributed by atoms with van der Waals surface area (Å²) >= 11 is 0. The monoisotopic (exact) mass is 274 g/mol. The molecule has 0 aromatic heterocycles. The van der Waals surface area contributed by atoms with Crippen LogP contribution in [0.3, 0.4) is 0 Å². The molecule has 5 heteroatoms. The number of sulfone groups is 1. The smallest absolute Gasteiger partial charge is 0.327 e. The summed E-state index contributed by atoms with van der Waals surface area (Å²) in [6.45, 7) is 1.97. The van der Waals surface area contributed by atoms with Gasteiger partial charge in [-0.2, -0.15) is 0 Å². The highest BCUT2D eigenvalue weighted by atomic mass is 32.2. The van der Waals surface area contributed by atoms with Crippen molar-refractivity contribution in [2.75, 3.05) is 6.61 Å². The van der Waals surface area contributed by atoms with Gasteiger partial charge in [0.25, 0.3) is 0 Å². The lowest BCUT2D eigenvalue weighted by Crippen LogP contribution is -2.56. The van der Waals surface area contributed by atoms with Gasteiger partial charge in [0.2, 0.25) is 0 Å². The third-order valence-corrected chi connectivity index (χ3v) is 7.36. The zero-order valence-electron chi connectivity index (χ0n) is 11.0. The molecule has 0 saturated heterocycles. The third kappa shape index (κ3) is 2.06. The Morgan fingerprint density at radius 1 is 1.17 bits per heavy atom. The molecule has 0 heterocycles. The Kier molecular flexibility index (Phi) is 3.99. The van der Waals surface area contributed by atoms with Crippen molar-refractivity contribution < 1.29 is 17.9 Å². The minimum atomic E-state index is -3.38. The lowest BCUT2D eigenvalue weighted by molar-refractivity contribution is -0.148. The lowest BCUT2D eigenvalue weighted by atomic mass is 9.84. The molecule has 104 valence electrons. The summed E-state index contributed by atoms with van der Waals surface area (Å²) in [7, 11) is -3.38. The molecule has 18 heavy (non-hydrogen) atoms. The highest BCUT2D eigenvalue weighted by Gasteiger charge is 2.58. The van der Waals surface area contributed by atoms with Crippen molar-refractivity contribution in [3.63, 3.8) is 0 Å². The third-order valence-electron chi connectivity index (χ3n) is 4.34. The molecule has 0 bridgehead atoms. The molecule has 4 nitrogen and oxygen atoms in total. The van der Waals surface area contributed by atoms with E-state index in [1.165, 1.54) is 0 Å². The van der Waals surface area contributed by atoms with E-state index < -0.39 is 20.6 Å². The Balaban J connectivity index is 2.22. The van der Waals surface area contributed by atoms with Gasteiger partial charge in [-0.25, -0.2) is 8.42 Å². The molecule has 0 spiro atoms. The van der Waals surface area contributed by atoms with Gasteiger partial charge in [0.15, 0.2) is 14.6 Å². The van der Waals surface area contributed by atoms with Gasteiger partial charge < -0.3 is 4.74 Å². The van der Waals surface area contributed by atoms with Crippen LogP contribution in [-0.4, -0.2) is 31.0 Å². The van der Waals surface area contributed by atoms with E-state index in [-0.39, 0.29) is 11.9 Å². The van der Waals surface area contributed by atoms with Crippen LogP contribution in [0.15, 0.2) is 0 Å². The van der Waals surface area contributed by atoms with Crippen molar-refractivity contribution in [2.24, 2.45) is 0 Å². The van der Waals surface area contributed by atoms with E-state index in [4.69, 9.17) is 4.74 Å². The van der Waals surface area contributed by atoms with Crippen molar-refractivity contribution in [2.45, 2.75) is 68.3 Å². The molecule has 0 atom stereocenters. The minimum Gasteiger partial charge on any atom is -0.465 e. The fraction of sp³-hybridized carbons (Fsp3) is 0.923. The number of ether oxygens (including phenoxy) is 1. The Labute approximate surface area is 109 Å². The van der Waals surface area contributed by atoms with E-state index in [2.05, 4.69) is 0 Å². The Bertz CT molecular complexity index is 403. The molecule has 0 N–H and O–H groups in total. The first-order valence-corrected chi connectivity index (χ1v) is 8.50. The number of rotatable bonds is 4. The second kappa shape index (κ2) is 5.19. The summed E-state index contributed by atoms with van der Waals surface area (Å²) < 4.78 is 29.2. The molecule has 0 aliphatic heterocycles. The number of carbonyl (C=O) groups is 1. The van der Waals surface area contributed by atoms with Gasteiger partial charge in [-0.1, -0.05) is 19.3 Å². The van der Waals surface area contributed by atoms with Crippen LogP contribution in [0.5, 0.6) is 0 Å². The minimum absolute atomic E-state index is 0.251. The maximum Gasteiger partial charge on any atom is 0.327 e. The van der Waals surface area contributed by atoms with Crippen LogP contribution < -0.4 is 0 Å². The largest absolute Gasteiger partial charge is 0.465 e. The van der Waals surface area contributed by atoms with Crippen LogP contribution in [0, 0.1) is 0 Å². The molecular formula is C13H22O4S. The summed E-state index contributed by atoms with van der Waals surface area (Å²) in [6, 6.07) is 0. The van der Waals surface area contributed by atoms with Gasteiger partial charge in [0, 0.05) is 0 Å². The molecule has 0 aromatic rings. The molecule has 2 aliphatic rings. The lowest BCUT2D eigenvalue weighted by Gasteiger charge is -2.41. The fourth-order valence-electron chi connectivity index (χ4n) is 3.06. The Morgan fingerprint density at radius 3 is 2.22 bits per heavy atom. The van der Waals surface area contributed by atoms with E-state index in [9.17, 15) is 13.2 Å². The van der Waals surface area contributed by atoms with Gasteiger partial charge in [0.1, 0.15) is 0 Å². The van der Waals surface area contributed by atoms with Gasteiger partial charge in [-0.15, -0.1) is 0 Å². The highest BCUT2D eigenvalue weighted by molar-refractivity contribution is 7.94. The summed E-state index contributed by atoms with van der Waals surface area (Å²) in [5.41, 5.74) is 0. The molecule has 2 aliphatic carbocycles. The molecule has 2 saturated carbocycles. The second-order valence-corrected chi connectivity index (χ2v) is 7.91. The molecule has 0 radical (unpaired) electrons. The number of hydrogen-bond acceptors (Lipinski definition) is 4. The molecule has 2 rings (SSSR count). The molecule has 0 aromatic carbocycles. The van der Waals surface area contributed by atoms with E-state index in [0.717, 1.165) is 25.7 Å². The van der Waals surface area contributed by atoms with Crippen molar-refractivity contribution in [3.8, 4) is 0 Å². The zero-order chi connectivity index (χ0) is 13.2. The molecule has 0 unspecified atom stereocenters. The fourth-order valence-corrected chi connectivity index (χ4v) is 5.80. The Hall–Kier alpha value is -0.580. The van der Waals surface area contributed by atoms with Gasteiger partial charge >= 0.3 is 5.97 Å². The highest BCUT2D eigenvalue weighted by Crippen LogP contribution is 2.44. The predicted molar refractivity (Wildman–Crippen MR) is 69.0 cm³/mol. The van der Waals surface area contributed by atoms with Crippen LogP contribution in [-0.2, 0) is 19.4 Å². The van der Waals surface area contributed by atoms with E-state index in [1.54, 1.807) is 6.92 Å². The SMILES string of the molecule is CCOC(=O)C1(S(=O)(=O)C2CCCCC2)CCC1. The van der Waals surface area contributed by atoms with Crippen LogP contribution in [0.2, 0.25) is 0 Å². The predicted octanol–water partition coefficient (Wildman–Crippen LogP) is 2.22. The first-order valence-electron chi connectivity index (χ1n) is 6.95. The zero-order valence-corrected chi connectivity index (χ0v) is 11.8. The maximum atomic E-state index is 12.7. The average molecular weight is 274 g/mol. The molecule has 0 amide bonds. The number of carbonyl (C=O) groups excluding carboxylic acids is 1. The van der Waals surface area contributed by atoms with Crippen LogP contribution in [0.25, 0.3) is 0 Å².